The zero-order valence-electron chi connectivity index (χ0n) is 12.6. The number of benzene rings is 1. The van der Waals surface area contributed by atoms with Gasteiger partial charge in [-0.2, -0.15) is 26.3 Å². The second-order valence-electron chi connectivity index (χ2n) is 5.98. The minimum atomic E-state index is -5.03. The van der Waals surface area contributed by atoms with Crippen LogP contribution in [0.2, 0.25) is 0 Å². The van der Waals surface area contributed by atoms with E-state index in [1.165, 1.54) is 4.90 Å². The highest BCUT2D eigenvalue weighted by atomic mass is 19.4. The van der Waals surface area contributed by atoms with Crippen molar-refractivity contribution >= 4 is 11.8 Å². The van der Waals surface area contributed by atoms with E-state index in [0.717, 1.165) is 18.2 Å². The van der Waals surface area contributed by atoms with Crippen molar-refractivity contribution in [1.29, 1.82) is 0 Å². The zero-order chi connectivity index (χ0) is 18.6. The predicted molar refractivity (Wildman–Crippen MR) is 72.6 cm³/mol. The standard InChI is InChI=1S/C15H12F6N2O2/c16-14(17,18)9-1-2-11-8(5-9)6-10-7-22(13(25)15(19,20)21)3-4-23(10)12(11)24/h1-2,5,10H,3-4,6-7H2/t10-/m1/s1. The monoisotopic (exact) mass is 366 g/mol. The van der Waals surface area contributed by atoms with Crippen molar-refractivity contribution in [3.8, 4) is 0 Å². The molecule has 1 fully saturated rings. The molecular formula is C15H12F6N2O2. The van der Waals surface area contributed by atoms with Gasteiger partial charge in [-0.3, -0.25) is 9.59 Å². The maximum absolute atomic E-state index is 12.8. The molecule has 0 aromatic heterocycles. The van der Waals surface area contributed by atoms with E-state index in [9.17, 15) is 35.9 Å². The molecule has 1 atom stereocenters. The van der Waals surface area contributed by atoms with Crippen molar-refractivity contribution in [1.82, 2.24) is 9.80 Å². The Morgan fingerprint density at radius 3 is 2.36 bits per heavy atom. The molecule has 0 bridgehead atoms. The summed E-state index contributed by atoms with van der Waals surface area (Å²) in [5.41, 5.74) is -0.686. The molecule has 3 rings (SSSR count). The fraction of sp³-hybridized carbons (Fsp3) is 0.467. The van der Waals surface area contributed by atoms with Crippen LogP contribution < -0.4 is 0 Å². The number of hydrogen-bond acceptors (Lipinski definition) is 2. The third kappa shape index (κ3) is 3.16. The number of nitrogens with zero attached hydrogens (tertiary/aromatic N) is 2. The highest BCUT2D eigenvalue weighted by Gasteiger charge is 2.46. The lowest BCUT2D eigenvalue weighted by Gasteiger charge is -2.44. The van der Waals surface area contributed by atoms with Gasteiger partial charge in [0.15, 0.2) is 0 Å². The largest absolute Gasteiger partial charge is 0.471 e. The summed E-state index contributed by atoms with van der Waals surface area (Å²) in [6.45, 7) is -0.720. The number of alkyl halides is 6. The van der Waals surface area contributed by atoms with Crippen LogP contribution in [-0.4, -0.2) is 53.5 Å². The number of carbonyl (C=O) groups excluding carboxylic acids is 2. The molecule has 1 aromatic carbocycles. The van der Waals surface area contributed by atoms with Crippen LogP contribution in [0.1, 0.15) is 21.5 Å². The van der Waals surface area contributed by atoms with E-state index in [-0.39, 0.29) is 37.2 Å². The first-order chi connectivity index (χ1) is 11.5. The second-order valence-corrected chi connectivity index (χ2v) is 5.98. The second kappa shape index (κ2) is 5.63. The quantitative estimate of drug-likeness (QED) is 0.662. The average Bonchev–Trinajstić information content (AvgIpc) is 2.51. The Morgan fingerprint density at radius 2 is 1.76 bits per heavy atom. The molecule has 136 valence electrons. The molecule has 0 spiro atoms. The van der Waals surface area contributed by atoms with E-state index in [1.807, 2.05) is 0 Å². The minimum absolute atomic E-state index is 0.0351. The van der Waals surface area contributed by atoms with Gasteiger partial charge in [0.2, 0.25) is 0 Å². The van der Waals surface area contributed by atoms with Gasteiger partial charge in [-0.25, -0.2) is 0 Å². The molecule has 2 heterocycles. The van der Waals surface area contributed by atoms with Crippen LogP contribution in [-0.2, 0) is 17.4 Å². The molecule has 25 heavy (non-hydrogen) atoms. The molecule has 0 N–H and O–H groups in total. The summed E-state index contributed by atoms with van der Waals surface area (Å²) in [4.78, 5) is 25.7. The molecule has 4 nitrogen and oxygen atoms in total. The third-order valence-electron chi connectivity index (χ3n) is 4.39. The number of piperazine rings is 1. The highest BCUT2D eigenvalue weighted by Crippen LogP contribution is 2.34. The molecular weight excluding hydrogens is 354 g/mol. The van der Waals surface area contributed by atoms with Crippen LogP contribution in [0.25, 0.3) is 0 Å². The van der Waals surface area contributed by atoms with Gasteiger partial charge in [0.25, 0.3) is 5.91 Å². The van der Waals surface area contributed by atoms with E-state index < -0.39 is 35.8 Å². The van der Waals surface area contributed by atoms with Gasteiger partial charge in [-0.05, 0) is 30.2 Å². The first kappa shape index (κ1) is 17.6. The Kier molecular flexibility index (Phi) is 3.96. The van der Waals surface area contributed by atoms with Crippen molar-refractivity contribution in [3.63, 3.8) is 0 Å². The van der Waals surface area contributed by atoms with Crippen LogP contribution in [0.15, 0.2) is 18.2 Å². The summed E-state index contributed by atoms with van der Waals surface area (Å²) in [5, 5.41) is 0. The average molecular weight is 366 g/mol. The maximum atomic E-state index is 12.8. The number of amides is 2. The Labute approximate surface area is 138 Å². The molecule has 2 amide bonds. The molecule has 2 aliphatic rings. The lowest BCUT2D eigenvalue weighted by Crippen LogP contribution is -2.60. The molecule has 0 saturated carbocycles. The van der Waals surface area contributed by atoms with Gasteiger partial charge in [0.05, 0.1) is 11.6 Å². The van der Waals surface area contributed by atoms with Crippen molar-refractivity contribution in [2.24, 2.45) is 0 Å². The highest BCUT2D eigenvalue weighted by molar-refractivity contribution is 5.97. The molecule has 0 unspecified atom stereocenters. The van der Waals surface area contributed by atoms with Crippen molar-refractivity contribution in [2.45, 2.75) is 24.8 Å². The van der Waals surface area contributed by atoms with Gasteiger partial charge >= 0.3 is 18.3 Å². The van der Waals surface area contributed by atoms with Gasteiger partial charge in [0.1, 0.15) is 0 Å². The van der Waals surface area contributed by atoms with E-state index in [2.05, 4.69) is 0 Å². The lowest BCUT2D eigenvalue weighted by molar-refractivity contribution is -0.187. The van der Waals surface area contributed by atoms with Crippen molar-refractivity contribution in [2.75, 3.05) is 19.6 Å². The summed E-state index contributed by atoms with van der Waals surface area (Å²) >= 11 is 0. The topological polar surface area (TPSA) is 40.6 Å². The summed E-state index contributed by atoms with van der Waals surface area (Å²) in [6.07, 6.45) is -9.64. The Balaban J connectivity index is 1.87. The van der Waals surface area contributed by atoms with Crippen LogP contribution in [0, 0.1) is 0 Å². The SMILES string of the molecule is O=C1c2ccc(C(F)(F)F)cc2C[C@@H]2CN(C(=O)C(F)(F)F)CCN12. The minimum Gasteiger partial charge on any atom is -0.332 e. The molecule has 1 aromatic rings. The zero-order valence-corrected chi connectivity index (χ0v) is 12.6. The number of rotatable bonds is 0. The Morgan fingerprint density at radius 1 is 1.08 bits per heavy atom. The normalized spacial score (nSPS) is 21.0. The molecule has 0 aliphatic carbocycles. The van der Waals surface area contributed by atoms with Crippen molar-refractivity contribution < 1.29 is 35.9 Å². The van der Waals surface area contributed by atoms with Gasteiger partial charge in [0, 0.05) is 25.2 Å². The fourth-order valence-electron chi connectivity index (χ4n) is 3.22. The van der Waals surface area contributed by atoms with E-state index in [4.69, 9.17) is 0 Å². The van der Waals surface area contributed by atoms with E-state index >= 15 is 0 Å². The summed E-state index contributed by atoms with van der Waals surface area (Å²) in [5.74, 6) is -2.53. The van der Waals surface area contributed by atoms with E-state index in [0.29, 0.717) is 4.90 Å². The first-order valence-electron chi connectivity index (χ1n) is 7.35. The van der Waals surface area contributed by atoms with Crippen LogP contribution >= 0.6 is 0 Å². The van der Waals surface area contributed by atoms with Crippen LogP contribution in [0.3, 0.4) is 0 Å². The van der Waals surface area contributed by atoms with Crippen molar-refractivity contribution in [3.05, 3.63) is 34.9 Å². The Hall–Kier alpha value is -2.26. The van der Waals surface area contributed by atoms with E-state index in [1.54, 1.807) is 0 Å². The third-order valence-corrected chi connectivity index (χ3v) is 4.39. The fourth-order valence-corrected chi connectivity index (χ4v) is 3.22. The molecule has 0 radical (unpaired) electrons. The predicted octanol–water partition coefficient (Wildman–Crippen LogP) is 2.48. The van der Waals surface area contributed by atoms with Gasteiger partial charge in [-0.1, -0.05) is 0 Å². The molecule has 1 saturated heterocycles. The smallest absolute Gasteiger partial charge is 0.332 e. The molecule has 2 aliphatic heterocycles. The Bertz CT molecular complexity index is 728. The summed E-state index contributed by atoms with van der Waals surface area (Å²) in [6, 6.07) is 1.96. The van der Waals surface area contributed by atoms with Gasteiger partial charge < -0.3 is 9.80 Å². The van der Waals surface area contributed by atoms with Crippen LogP contribution in [0.4, 0.5) is 26.3 Å². The summed E-state index contributed by atoms with van der Waals surface area (Å²) < 4.78 is 76.1. The van der Waals surface area contributed by atoms with Crippen LogP contribution in [0.5, 0.6) is 0 Å². The molecule has 10 heteroatoms. The number of halogens is 6. The maximum Gasteiger partial charge on any atom is 0.471 e. The number of hydrogen-bond donors (Lipinski definition) is 0. The number of carbonyl (C=O) groups is 2. The van der Waals surface area contributed by atoms with Gasteiger partial charge in [-0.15, -0.1) is 0 Å². The first-order valence-corrected chi connectivity index (χ1v) is 7.35. The lowest BCUT2D eigenvalue weighted by atomic mass is 9.90. The number of fused-ring (bicyclic) bond motifs is 2. The summed E-state index contributed by atoms with van der Waals surface area (Å²) in [7, 11) is 0.